The number of hydrogen-bond acceptors (Lipinski definition) is 2. The Kier molecular flexibility index (Phi) is 6.93. The molecular formula is C27H42S2. The summed E-state index contributed by atoms with van der Waals surface area (Å²) in [4.78, 5) is 4.39. The number of rotatable bonds is 1. The minimum atomic E-state index is 0.158. The van der Waals surface area contributed by atoms with Gasteiger partial charge in [0.15, 0.2) is 0 Å². The largest absolute Gasteiger partial charge is 0.122 e. The van der Waals surface area contributed by atoms with E-state index >= 15 is 0 Å². The maximum atomic E-state index is 2.48. The number of allylic oxidation sites excluding steroid dienone is 9. The second-order valence-electron chi connectivity index (χ2n) is 12.6. The first-order valence-corrected chi connectivity index (χ1v) is 12.5. The zero-order valence-electron chi connectivity index (χ0n) is 20.8. The van der Waals surface area contributed by atoms with Crippen LogP contribution in [0.5, 0.6) is 0 Å². The van der Waals surface area contributed by atoms with Gasteiger partial charge in [-0.3, -0.25) is 0 Å². The summed E-state index contributed by atoms with van der Waals surface area (Å²) in [5.41, 5.74) is 3.41. The second kappa shape index (κ2) is 8.15. The van der Waals surface area contributed by atoms with Crippen LogP contribution in [0.25, 0.3) is 0 Å². The van der Waals surface area contributed by atoms with Crippen molar-refractivity contribution in [1.29, 1.82) is 0 Å². The van der Waals surface area contributed by atoms with Crippen molar-refractivity contribution in [3.63, 3.8) is 0 Å². The maximum Gasteiger partial charge on any atom is 0.0328 e. The molecule has 29 heavy (non-hydrogen) atoms. The van der Waals surface area contributed by atoms with Crippen molar-refractivity contribution < 1.29 is 0 Å². The molecule has 2 aliphatic heterocycles. The summed E-state index contributed by atoms with van der Waals surface area (Å²) in [5.74, 6) is 0. The predicted octanol–water partition coefficient (Wildman–Crippen LogP) is 9.54. The Morgan fingerprint density at radius 2 is 1.10 bits per heavy atom. The fourth-order valence-electron chi connectivity index (χ4n) is 3.03. The topological polar surface area (TPSA) is 0 Å². The zero-order valence-corrected chi connectivity index (χ0v) is 22.4. The third kappa shape index (κ3) is 6.69. The highest BCUT2D eigenvalue weighted by Gasteiger charge is 2.32. The van der Waals surface area contributed by atoms with Crippen molar-refractivity contribution in [2.45, 2.75) is 88.3 Å². The molecule has 0 aromatic rings. The van der Waals surface area contributed by atoms with Gasteiger partial charge < -0.3 is 0 Å². The molecule has 0 bridgehead atoms. The molecule has 0 radical (unpaired) electrons. The van der Waals surface area contributed by atoms with Gasteiger partial charge in [0.2, 0.25) is 0 Å². The smallest absolute Gasteiger partial charge is 0.0328 e. The summed E-state index contributed by atoms with van der Waals surface area (Å²) in [7, 11) is 0. The van der Waals surface area contributed by atoms with Gasteiger partial charge in [-0.25, -0.2) is 0 Å². The SMILES string of the molecule is CC(C)(C)C1=CC(=CC2=CC(C(C)(C)C)SC(C(C)(C)C)=C2)C=C(C(C)(C)C)S1. The van der Waals surface area contributed by atoms with Crippen LogP contribution in [0.15, 0.2) is 56.2 Å². The minimum Gasteiger partial charge on any atom is -0.122 e. The molecule has 0 spiro atoms. The molecular weight excluding hydrogens is 388 g/mol. The quantitative estimate of drug-likeness (QED) is 0.406. The van der Waals surface area contributed by atoms with Crippen molar-refractivity contribution in [2.75, 3.05) is 0 Å². The van der Waals surface area contributed by atoms with Gasteiger partial charge in [0.25, 0.3) is 0 Å². The Morgan fingerprint density at radius 3 is 1.48 bits per heavy atom. The maximum absolute atomic E-state index is 2.48. The lowest BCUT2D eigenvalue weighted by molar-refractivity contribution is 0.430. The lowest BCUT2D eigenvalue weighted by Crippen LogP contribution is -2.25. The highest BCUT2D eigenvalue weighted by molar-refractivity contribution is 8.06. The van der Waals surface area contributed by atoms with Gasteiger partial charge in [-0.2, -0.15) is 0 Å². The van der Waals surface area contributed by atoms with Crippen LogP contribution in [0.2, 0.25) is 0 Å². The molecule has 0 fully saturated rings. The van der Waals surface area contributed by atoms with Crippen molar-refractivity contribution >= 4 is 23.5 Å². The van der Waals surface area contributed by atoms with E-state index in [1.54, 1.807) is 0 Å². The fourth-order valence-corrected chi connectivity index (χ4v) is 5.68. The van der Waals surface area contributed by atoms with Crippen molar-refractivity contribution in [3.05, 3.63) is 56.2 Å². The Balaban J connectivity index is 2.58. The molecule has 0 amide bonds. The Labute approximate surface area is 189 Å². The van der Waals surface area contributed by atoms with Gasteiger partial charge in [0.05, 0.1) is 0 Å². The normalized spacial score (nSPS) is 21.9. The van der Waals surface area contributed by atoms with Crippen molar-refractivity contribution in [2.24, 2.45) is 21.7 Å². The van der Waals surface area contributed by atoms with E-state index in [0.29, 0.717) is 5.25 Å². The van der Waals surface area contributed by atoms with E-state index in [0.717, 1.165) is 0 Å². The summed E-state index contributed by atoms with van der Waals surface area (Å²) < 4.78 is 0. The third-order valence-electron chi connectivity index (χ3n) is 5.12. The first kappa shape index (κ1) is 24.7. The molecule has 2 heteroatoms. The Bertz CT molecular complexity index is 753. The van der Waals surface area contributed by atoms with E-state index < -0.39 is 0 Å². The van der Waals surface area contributed by atoms with Crippen LogP contribution >= 0.6 is 23.5 Å². The van der Waals surface area contributed by atoms with Gasteiger partial charge in [0.1, 0.15) is 0 Å². The molecule has 0 aromatic carbocycles. The van der Waals surface area contributed by atoms with E-state index in [-0.39, 0.29) is 21.7 Å². The fraction of sp³-hybridized carbons (Fsp3) is 0.630. The van der Waals surface area contributed by atoms with E-state index in [1.807, 2.05) is 23.5 Å². The first-order chi connectivity index (χ1) is 12.9. The zero-order chi connectivity index (χ0) is 22.4. The van der Waals surface area contributed by atoms with Gasteiger partial charge >= 0.3 is 0 Å². The van der Waals surface area contributed by atoms with Crippen molar-refractivity contribution in [1.82, 2.24) is 0 Å². The molecule has 1 atom stereocenters. The minimum absolute atomic E-state index is 0.158. The molecule has 0 saturated heterocycles. The molecule has 0 aromatic heterocycles. The van der Waals surface area contributed by atoms with E-state index in [4.69, 9.17) is 0 Å². The highest BCUT2D eigenvalue weighted by Crippen LogP contribution is 2.50. The van der Waals surface area contributed by atoms with Crippen LogP contribution in [-0.2, 0) is 0 Å². The lowest BCUT2D eigenvalue weighted by atomic mass is 9.88. The number of thioether (sulfide) groups is 2. The van der Waals surface area contributed by atoms with Gasteiger partial charge in [-0.15, -0.1) is 11.8 Å². The molecule has 0 nitrogen and oxygen atoms in total. The van der Waals surface area contributed by atoms with E-state index in [9.17, 15) is 0 Å². The standard InChI is InChI=1S/C27H42S2/c1-24(2,3)20-14-18(15-21(28-20)25(4,5)6)13-19-16-22(26(7,8)9)29-23(17-19)27(10,11)12/h13-17,20H,1-12H3. The summed E-state index contributed by atoms with van der Waals surface area (Å²) in [6.07, 6.45) is 12.1. The van der Waals surface area contributed by atoms with E-state index in [2.05, 4.69) is 113 Å². The van der Waals surface area contributed by atoms with Crippen LogP contribution in [0.4, 0.5) is 0 Å². The Morgan fingerprint density at radius 1 is 0.655 bits per heavy atom. The average Bonchev–Trinajstić information content (AvgIpc) is 2.51. The van der Waals surface area contributed by atoms with Crippen LogP contribution in [0, 0.1) is 21.7 Å². The molecule has 2 rings (SSSR count). The van der Waals surface area contributed by atoms with Crippen LogP contribution in [0.3, 0.4) is 0 Å². The summed E-state index contributed by atoms with van der Waals surface area (Å²) in [6.45, 7) is 27.9. The molecule has 0 N–H and O–H groups in total. The lowest BCUT2D eigenvalue weighted by Gasteiger charge is -2.35. The number of hydrogen-bond donors (Lipinski definition) is 0. The van der Waals surface area contributed by atoms with Gasteiger partial charge in [-0.1, -0.05) is 101 Å². The molecule has 2 aliphatic rings. The van der Waals surface area contributed by atoms with Crippen LogP contribution in [0.1, 0.15) is 83.1 Å². The van der Waals surface area contributed by atoms with Crippen molar-refractivity contribution in [3.8, 4) is 0 Å². The summed E-state index contributed by atoms with van der Waals surface area (Å²) in [6, 6.07) is 0. The predicted molar refractivity (Wildman–Crippen MR) is 137 cm³/mol. The van der Waals surface area contributed by atoms with E-state index in [1.165, 1.54) is 25.9 Å². The van der Waals surface area contributed by atoms with Gasteiger partial charge in [0, 0.05) is 5.25 Å². The monoisotopic (exact) mass is 430 g/mol. The third-order valence-corrected chi connectivity index (χ3v) is 9.10. The molecule has 0 aliphatic carbocycles. The average molecular weight is 431 g/mol. The molecule has 162 valence electrons. The first-order valence-electron chi connectivity index (χ1n) is 10.8. The second-order valence-corrected chi connectivity index (χ2v) is 14.9. The highest BCUT2D eigenvalue weighted by atomic mass is 32.2. The molecule has 2 heterocycles. The molecule has 1 unspecified atom stereocenters. The summed E-state index contributed by atoms with van der Waals surface area (Å²) in [5, 5.41) is 0.490. The van der Waals surface area contributed by atoms with Crippen LogP contribution < -0.4 is 0 Å². The Hall–Kier alpha value is -0.600. The summed E-state index contributed by atoms with van der Waals surface area (Å²) >= 11 is 4.00. The van der Waals surface area contributed by atoms with Gasteiger partial charge in [-0.05, 0) is 71.8 Å². The van der Waals surface area contributed by atoms with Crippen LogP contribution in [-0.4, -0.2) is 5.25 Å². The molecule has 0 saturated carbocycles.